The first kappa shape index (κ1) is 20.2. The molecule has 2 aliphatic rings. The largest absolute Gasteiger partial charge is 0.301 e. The Labute approximate surface area is 189 Å². The minimum absolute atomic E-state index is 0.0579. The Bertz CT molecular complexity index is 1230. The fourth-order valence-corrected chi connectivity index (χ4v) is 6.46. The summed E-state index contributed by atoms with van der Waals surface area (Å²) in [6.07, 6.45) is 1.60. The number of aromatic nitrogens is 3. The number of fused-ring (bicyclic) bond motifs is 6. The number of halogens is 2. The Morgan fingerprint density at radius 1 is 1.00 bits per heavy atom. The van der Waals surface area contributed by atoms with Gasteiger partial charge in [-0.1, -0.05) is 44.0 Å². The van der Waals surface area contributed by atoms with Gasteiger partial charge in [-0.3, -0.25) is 4.79 Å². The monoisotopic (exact) mass is 460 g/mol. The lowest BCUT2D eigenvalue weighted by atomic mass is 9.63. The van der Waals surface area contributed by atoms with E-state index in [1.165, 1.54) is 11.3 Å². The van der Waals surface area contributed by atoms with E-state index in [-0.39, 0.29) is 16.7 Å². The maximum absolute atomic E-state index is 13.8. The number of aryl methyl sites for hydroxylation is 2. The molecule has 1 aromatic carbocycles. The number of thiazole rings is 1. The molecule has 30 heavy (non-hydrogen) atoms. The zero-order valence-electron chi connectivity index (χ0n) is 17.5. The lowest BCUT2D eigenvalue weighted by Gasteiger charge is -2.39. The van der Waals surface area contributed by atoms with Crippen LogP contribution in [0.5, 0.6) is 0 Å². The fourth-order valence-electron chi connectivity index (χ4n) is 5.33. The van der Waals surface area contributed by atoms with Crippen LogP contribution in [0.2, 0.25) is 10.0 Å². The second-order valence-corrected chi connectivity index (χ2v) is 11.2. The zero-order valence-corrected chi connectivity index (χ0v) is 19.8. The van der Waals surface area contributed by atoms with Gasteiger partial charge in [0.25, 0.3) is 0 Å². The van der Waals surface area contributed by atoms with Crippen LogP contribution in [0.4, 0.5) is 5.13 Å². The van der Waals surface area contributed by atoms with Crippen molar-refractivity contribution in [3.8, 4) is 0 Å². The van der Waals surface area contributed by atoms with Crippen LogP contribution in [0.1, 0.15) is 55.6 Å². The molecule has 2 unspecified atom stereocenters. The fraction of sp³-hybridized carbons (Fsp3) is 0.455. The number of rotatable bonds is 2. The normalized spacial score (nSPS) is 26.2. The molecule has 2 atom stereocenters. The summed E-state index contributed by atoms with van der Waals surface area (Å²) in [6.45, 7) is 10.5. The Hall–Kier alpha value is -1.76. The predicted octanol–water partition coefficient (Wildman–Crippen LogP) is 5.98. The van der Waals surface area contributed by atoms with Crippen molar-refractivity contribution in [3.63, 3.8) is 0 Å². The van der Waals surface area contributed by atoms with Crippen molar-refractivity contribution in [2.24, 2.45) is 5.41 Å². The highest BCUT2D eigenvalue weighted by molar-refractivity contribution is 7.15. The van der Waals surface area contributed by atoms with Crippen LogP contribution in [0, 0.1) is 19.3 Å². The van der Waals surface area contributed by atoms with Crippen molar-refractivity contribution in [1.82, 2.24) is 15.0 Å². The van der Waals surface area contributed by atoms with E-state index in [1.807, 2.05) is 13.8 Å². The zero-order chi connectivity index (χ0) is 21.6. The van der Waals surface area contributed by atoms with Crippen LogP contribution in [0.3, 0.4) is 0 Å². The van der Waals surface area contributed by atoms with E-state index >= 15 is 0 Å². The SMILES string of the molecule is Cc1nc(NC(=O)C23CCC(C)(c4nc5cc(Cl)c(Cl)cc5nc42)C3(C)C)sc1C. The van der Waals surface area contributed by atoms with Gasteiger partial charge < -0.3 is 5.32 Å². The lowest BCUT2D eigenvalue weighted by Crippen LogP contribution is -2.48. The summed E-state index contributed by atoms with van der Waals surface area (Å²) in [5.41, 5.74) is 2.55. The third kappa shape index (κ3) is 2.30. The van der Waals surface area contributed by atoms with Gasteiger partial charge in [-0.15, -0.1) is 11.3 Å². The Morgan fingerprint density at radius 2 is 1.60 bits per heavy atom. The van der Waals surface area contributed by atoms with Gasteiger partial charge in [-0.05, 0) is 44.2 Å². The number of anilines is 1. The smallest absolute Gasteiger partial charge is 0.239 e. The molecule has 3 aromatic rings. The van der Waals surface area contributed by atoms with Crippen molar-refractivity contribution < 1.29 is 4.79 Å². The highest BCUT2D eigenvalue weighted by Gasteiger charge is 2.73. The third-order valence-electron chi connectivity index (χ3n) is 7.72. The molecule has 5 rings (SSSR count). The number of nitrogens with one attached hydrogen (secondary N) is 1. The first-order valence-electron chi connectivity index (χ1n) is 9.94. The van der Waals surface area contributed by atoms with E-state index in [4.69, 9.17) is 33.2 Å². The van der Waals surface area contributed by atoms with Crippen LogP contribution in [-0.2, 0) is 15.6 Å². The summed E-state index contributed by atoms with van der Waals surface area (Å²) in [6, 6.07) is 3.48. The highest BCUT2D eigenvalue weighted by atomic mass is 35.5. The summed E-state index contributed by atoms with van der Waals surface area (Å²) in [7, 11) is 0. The Morgan fingerprint density at radius 3 is 2.17 bits per heavy atom. The van der Waals surface area contributed by atoms with E-state index in [0.29, 0.717) is 26.2 Å². The first-order valence-corrected chi connectivity index (χ1v) is 11.5. The second-order valence-electron chi connectivity index (χ2n) is 9.15. The highest BCUT2D eigenvalue weighted by Crippen LogP contribution is 2.70. The quantitative estimate of drug-likeness (QED) is 0.510. The molecule has 5 nitrogen and oxygen atoms in total. The molecule has 1 saturated carbocycles. The summed E-state index contributed by atoms with van der Waals surface area (Å²) in [5, 5.41) is 4.61. The van der Waals surface area contributed by atoms with E-state index in [1.54, 1.807) is 12.1 Å². The van der Waals surface area contributed by atoms with E-state index in [2.05, 4.69) is 31.1 Å². The molecule has 1 fully saturated rings. The molecule has 2 heterocycles. The van der Waals surface area contributed by atoms with Crippen molar-refractivity contribution in [1.29, 1.82) is 0 Å². The molecular formula is C22H22Cl2N4OS. The minimum Gasteiger partial charge on any atom is -0.301 e. The third-order valence-corrected chi connectivity index (χ3v) is 9.43. The van der Waals surface area contributed by atoms with Gasteiger partial charge >= 0.3 is 0 Å². The summed E-state index contributed by atoms with van der Waals surface area (Å²) in [5.74, 6) is -0.0579. The van der Waals surface area contributed by atoms with Crippen LogP contribution in [-0.4, -0.2) is 20.9 Å². The second kappa shape index (κ2) is 6.15. The molecule has 1 N–H and O–H groups in total. The molecule has 1 amide bonds. The van der Waals surface area contributed by atoms with Gasteiger partial charge in [0, 0.05) is 10.3 Å². The number of carbonyl (C=O) groups is 1. The number of amides is 1. The minimum atomic E-state index is -0.780. The molecule has 0 spiro atoms. The van der Waals surface area contributed by atoms with Crippen LogP contribution in [0.15, 0.2) is 12.1 Å². The number of hydrogen-bond donors (Lipinski definition) is 1. The Balaban J connectivity index is 1.71. The first-order chi connectivity index (χ1) is 14.0. The summed E-state index contributed by atoms with van der Waals surface area (Å²) < 4.78 is 0. The van der Waals surface area contributed by atoms with E-state index in [9.17, 15) is 4.79 Å². The molecule has 2 bridgehead atoms. The van der Waals surface area contributed by atoms with Crippen molar-refractivity contribution in [2.75, 3.05) is 5.32 Å². The molecule has 0 aliphatic heterocycles. The van der Waals surface area contributed by atoms with Gasteiger partial charge in [0.1, 0.15) is 0 Å². The van der Waals surface area contributed by atoms with Gasteiger partial charge in [0.05, 0.1) is 43.6 Å². The lowest BCUT2D eigenvalue weighted by molar-refractivity contribution is -0.125. The molecule has 8 heteroatoms. The molecule has 0 radical (unpaired) electrons. The molecule has 2 aliphatic carbocycles. The molecule has 0 saturated heterocycles. The maximum Gasteiger partial charge on any atom is 0.239 e. The molecular weight excluding hydrogens is 439 g/mol. The number of nitrogens with zero attached hydrogens (tertiary/aromatic N) is 3. The number of benzene rings is 1. The predicted molar refractivity (Wildman–Crippen MR) is 122 cm³/mol. The average Bonchev–Trinajstić information content (AvgIpc) is 3.14. The average molecular weight is 461 g/mol. The van der Waals surface area contributed by atoms with Crippen molar-refractivity contribution in [2.45, 2.75) is 58.3 Å². The number of carbonyl (C=O) groups excluding carboxylic acids is 1. The van der Waals surface area contributed by atoms with Gasteiger partial charge in [-0.2, -0.15) is 0 Å². The van der Waals surface area contributed by atoms with Gasteiger partial charge in [0.15, 0.2) is 5.13 Å². The maximum atomic E-state index is 13.8. The van der Waals surface area contributed by atoms with Crippen molar-refractivity contribution in [3.05, 3.63) is 44.1 Å². The number of hydrogen-bond acceptors (Lipinski definition) is 5. The standard InChI is InChI=1S/C22H22Cl2N4OS/c1-10-11(2)30-19(25-10)28-18(29)22-7-6-21(5,20(22,3)4)16-17(22)27-15-9-13(24)12(23)8-14(15)26-16/h8-9H,6-7H2,1-5H3,(H,25,28,29). The summed E-state index contributed by atoms with van der Waals surface area (Å²) in [4.78, 5) is 29.4. The van der Waals surface area contributed by atoms with Gasteiger partial charge in [-0.25, -0.2) is 15.0 Å². The van der Waals surface area contributed by atoms with Gasteiger partial charge in [0.2, 0.25) is 5.91 Å². The Kier molecular flexibility index (Phi) is 4.13. The molecule has 2 aromatic heterocycles. The topological polar surface area (TPSA) is 67.8 Å². The van der Waals surface area contributed by atoms with Crippen LogP contribution in [0.25, 0.3) is 11.0 Å². The summed E-state index contributed by atoms with van der Waals surface area (Å²) >= 11 is 14.0. The molecule has 156 valence electrons. The van der Waals surface area contributed by atoms with Crippen LogP contribution < -0.4 is 5.32 Å². The van der Waals surface area contributed by atoms with Crippen LogP contribution >= 0.6 is 34.5 Å². The van der Waals surface area contributed by atoms with E-state index < -0.39 is 5.41 Å². The van der Waals surface area contributed by atoms with E-state index in [0.717, 1.165) is 34.8 Å². The van der Waals surface area contributed by atoms with Crippen molar-refractivity contribution >= 4 is 56.6 Å².